The van der Waals surface area contributed by atoms with Crippen molar-refractivity contribution in [1.82, 2.24) is 19.5 Å². The van der Waals surface area contributed by atoms with E-state index < -0.39 is 24.5 Å². The van der Waals surface area contributed by atoms with Crippen LogP contribution in [0.4, 0.5) is 5.82 Å². The van der Waals surface area contributed by atoms with Crippen molar-refractivity contribution >= 4 is 28.6 Å². The molecule has 0 bridgehead atoms. The van der Waals surface area contributed by atoms with Crippen molar-refractivity contribution in [2.45, 2.75) is 76.4 Å². The van der Waals surface area contributed by atoms with Crippen LogP contribution >= 0.6 is 11.6 Å². The average Bonchev–Trinajstić information content (AvgIpc) is 3.58. The summed E-state index contributed by atoms with van der Waals surface area (Å²) in [6.07, 6.45) is 2.40. The van der Waals surface area contributed by atoms with Crippen molar-refractivity contribution in [2.75, 3.05) is 11.2 Å². The third-order valence-electron chi connectivity index (χ3n) is 6.20. The summed E-state index contributed by atoms with van der Waals surface area (Å²) in [6, 6.07) is 10.2. The van der Waals surface area contributed by atoms with Crippen molar-refractivity contribution in [3.8, 4) is 0 Å². The number of alkyl halides is 1. The number of hydrogen-bond acceptors (Lipinski definition) is 8. The number of halogens is 1. The number of aromatic nitrogens is 4. The molecule has 34 heavy (non-hydrogen) atoms. The molecule has 3 heterocycles. The number of aliphatic hydroxyl groups excluding tert-OH is 2. The van der Waals surface area contributed by atoms with Gasteiger partial charge in [0.1, 0.15) is 24.6 Å². The van der Waals surface area contributed by atoms with Crippen molar-refractivity contribution in [3.63, 3.8) is 0 Å². The number of aliphatic hydroxyl groups is 2. The van der Waals surface area contributed by atoms with Gasteiger partial charge in [0.25, 0.3) is 0 Å². The number of fused-ring (bicyclic) bond motifs is 1. The molecular formula is C24H32ClN5O4. The van der Waals surface area contributed by atoms with Gasteiger partial charge in [-0.05, 0) is 24.8 Å². The Kier molecular flexibility index (Phi) is 8.33. The fourth-order valence-corrected chi connectivity index (χ4v) is 4.73. The van der Waals surface area contributed by atoms with Gasteiger partial charge in [-0.3, -0.25) is 4.57 Å². The predicted molar refractivity (Wildman–Crippen MR) is 130 cm³/mol. The van der Waals surface area contributed by atoms with Crippen LogP contribution in [0, 0.1) is 0 Å². The molecule has 2 unspecified atom stereocenters. The van der Waals surface area contributed by atoms with E-state index in [1.165, 1.54) is 6.33 Å². The number of nitrogens with zero attached hydrogens (tertiary/aromatic N) is 4. The molecule has 1 saturated carbocycles. The Bertz CT molecular complexity index is 1050. The molecule has 2 fully saturated rings. The van der Waals surface area contributed by atoms with Crippen LogP contribution < -0.4 is 5.32 Å². The molecule has 9 nitrogen and oxygen atoms in total. The van der Waals surface area contributed by atoms with E-state index >= 15 is 0 Å². The largest absolute Gasteiger partial charge is 0.387 e. The first-order valence-corrected chi connectivity index (χ1v) is 12.4. The van der Waals surface area contributed by atoms with E-state index in [9.17, 15) is 10.2 Å². The van der Waals surface area contributed by atoms with Crippen LogP contribution in [0.25, 0.3) is 11.2 Å². The zero-order valence-electron chi connectivity index (χ0n) is 19.4. The maximum atomic E-state index is 10.4. The first kappa shape index (κ1) is 24.8. The topological polar surface area (TPSA) is 115 Å². The Balaban J connectivity index is 0.00000133. The van der Waals surface area contributed by atoms with Gasteiger partial charge in [-0.15, -0.1) is 11.6 Å². The highest BCUT2D eigenvalue weighted by atomic mass is 35.5. The summed E-state index contributed by atoms with van der Waals surface area (Å²) < 4.78 is 13.6. The van der Waals surface area contributed by atoms with Crippen molar-refractivity contribution in [1.29, 1.82) is 0 Å². The summed E-state index contributed by atoms with van der Waals surface area (Å²) in [6.45, 7) is 4.57. The molecule has 10 heteroatoms. The highest BCUT2D eigenvalue weighted by molar-refractivity contribution is 6.18. The van der Waals surface area contributed by atoms with Gasteiger partial charge in [0.2, 0.25) is 0 Å². The number of anilines is 1. The normalized spacial score (nSPS) is 28.6. The van der Waals surface area contributed by atoms with Crippen LogP contribution in [0.2, 0.25) is 0 Å². The second kappa shape index (κ2) is 11.4. The number of hydrogen-bond donors (Lipinski definition) is 3. The minimum Gasteiger partial charge on any atom is -0.387 e. The summed E-state index contributed by atoms with van der Waals surface area (Å²) in [5, 5.41) is 24.1. The Labute approximate surface area is 204 Å². The van der Waals surface area contributed by atoms with Gasteiger partial charge in [-0.1, -0.05) is 44.2 Å². The Hall–Kier alpha value is -2.30. The molecule has 0 amide bonds. The van der Waals surface area contributed by atoms with E-state index in [4.69, 9.17) is 21.1 Å². The molecule has 6 atom stereocenters. The number of rotatable bonds is 7. The third-order valence-corrected chi connectivity index (χ3v) is 6.51. The van der Waals surface area contributed by atoms with E-state index in [2.05, 4.69) is 32.4 Å². The third kappa shape index (κ3) is 5.04. The number of nitrogens with one attached hydrogen (secondary N) is 1. The summed E-state index contributed by atoms with van der Waals surface area (Å²) in [7, 11) is 0. The van der Waals surface area contributed by atoms with E-state index in [1.54, 1.807) is 10.9 Å². The minimum atomic E-state index is -1.13. The zero-order valence-corrected chi connectivity index (χ0v) is 20.2. The summed E-state index contributed by atoms with van der Waals surface area (Å²) in [4.78, 5) is 13.2. The van der Waals surface area contributed by atoms with Crippen LogP contribution in [0.15, 0.2) is 43.0 Å². The van der Waals surface area contributed by atoms with Gasteiger partial charge in [0.15, 0.2) is 23.2 Å². The second-order valence-corrected chi connectivity index (χ2v) is 8.57. The molecule has 2 aliphatic rings. The average molecular weight is 490 g/mol. The van der Waals surface area contributed by atoms with Crippen LogP contribution in [-0.2, 0) is 16.1 Å². The van der Waals surface area contributed by atoms with Crippen molar-refractivity contribution in [2.24, 2.45) is 0 Å². The summed E-state index contributed by atoms with van der Waals surface area (Å²) in [5.41, 5.74) is 2.23. The molecule has 0 radical (unpaired) electrons. The number of imidazole rings is 1. The molecular weight excluding hydrogens is 458 g/mol. The second-order valence-electron chi connectivity index (χ2n) is 8.26. The Morgan fingerprint density at radius 1 is 1.12 bits per heavy atom. The van der Waals surface area contributed by atoms with E-state index in [0.29, 0.717) is 23.6 Å². The summed E-state index contributed by atoms with van der Waals surface area (Å²) >= 11 is 5.84. The molecule has 1 aromatic carbocycles. The van der Waals surface area contributed by atoms with Gasteiger partial charge in [-0.2, -0.15) is 0 Å². The lowest BCUT2D eigenvalue weighted by molar-refractivity contribution is -0.0291. The quantitative estimate of drug-likeness (QED) is 0.433. The van der Waals surface area contributed by atoms with E-state index in [-0.39, 0.29) is 18.0 Å². The van der Waals surface area contributed by atoms with Crippen LogP contribution in [0.1, 0.15) is 44.9 Å². The van der Waals surface area contributed by atoms with E-state index in [0.717, 1.165) is 24.8 Å². The first-order chi connectivity index (χ1) is 16.7. The molecule has 184 valence electrons. The fourth-order valence-electron chi connectivity index (χ4n) is 4.47. The first-order valence-electron chi connectivity index (χ1n) is 11.8. The molecule has 2 aromatic heterocycles. The standard InChI is InChI=1S/C22H26ClN5O4.C2H6/c23-9-16-18(29)19(30)22(32-16)28-12-26-17-20(24-11-25-21(17)28)27-14-7-4-8-15(14)31-10-13-5-2-1-3-6-13;1-2/h1-3,5-6,11-12,14-16,18-19,22,29-30H,4,7-10H2,(H,24,25,27);1-2H3/t14?,15?,16-,18-,19-,22-;/m1./s1. The maximum absolute atomic E-state index is 10.4. The molecule has 1 aliphatic heterocycles. The van der Waals surface area contributed by atoms with Gasteiger partial charge < -0.3 is 25.0 Å². The van der Waals surface area contributed by atoms with Crippen LogP contribution in [0.3, 0.4) is 0 Å². The lowest BCUT2D eigenvalue weighted by Gasteiger charge is -2.22. The maximum Gasteiger partial charge on any atom is 0.167 e. The Morgan fingerprint density at radius 3 is 2.65 bits per heavy atom. The highest BCUT2D eigenvalue weighted by Crippen LogP contribution is 2.33. The monoisotopic (exact) mass is 489 g/mol. The van der Waals surface area contributed by atoms with Gasteiger partial charge >= 0.3 is 0 Å². The molecule has 3 N–H and O–H groups in total. The smallest absolute Gasteiger partial charge is 0.167 e. The molecule has 5 rings (SSSR count). The predicted octanol–water partition coefficient (Wildman–Crippen LogP) is 3.26. The number of ether oxygens (including phenoxy) is 2. The van der Waals surface area contributed by atoms with Gasteiger partial charge in [-0.25, -0.2) is 15.0 Å². The lowest BCUT2D eigenvalue weighted by atomic mass is 10.1. The lowest BCUT2D eigenvalue weighted by Crippen LogP contribution is -2.32. The van der Waals surface area contributed by atoms with Gasteiger partial charge in [0, 0.05) is 0 Å². The van der Waals surface area contributed by atoms with Gasteiger partial charge in [0.05, 0.1) is 31.0 Å². The van der Waals surface area contributed by atoms with Crippen LogP contribution in [-0.4, -0.2) is 66.1 Å². The fraction of sp³-hybridized carbons (Fsp3) is 0.542. The van der Waals surface area contributed by atoms with Crippen LogP contribution in [0.5, 0.6) is 0 Å². The van der Waals surface area contributed by atoms with E-state index in [1.807, 2.05) is 32.0 Å². The Morgan fingerprint density at radius 2 is 1.91 bits per heavy atom. The summed E-state index contributed by atoms with van der Waals surface area (Å²) in [5.74, 6) is 0.686. The SMILES string of the molecule is CC.O[C@@H]1[C@H](O)[C@@H](CCl)O[C@H]1n1cnc2c(NC3CCCC3OCc3ccccc3)ncnc21. The van der Waals surface area contributed by atoms with Crippen molar-refractivity contribution < 1.29 is 19.7 Å². The highest BCUT2D eigenvalue weighted by Gasteiger charge is 2.44. The molecule has 3 aromatic rings. The minimum absolute atomic E-state index is 0.0712. The number of benzene rings is 1. The zero-order chi connectivity index (χ0) is 24.1. The molecule has 1 saturated heterocycles. The molecule has 0 spiro atoms. The van der Waals surface area contributed by atoms with Crippen molar-refractivity contribution in [3.05, 3.63) is 48.5 Å². The molecule has 1 aliphatic carbocycles.